The van der Waals surface area contributed by atoms with E-state index in [0.29, 0.717) is 5.92 Å². The van der Waals surface area contributed by atoms with Crippen LogP contribution in [-0.2, 0) is 0 Å². The molecule has 3 rings (SSSR count). The summed E-state index contributed by atoms with van der Waals surface area (Å²) in [5, 5.41) is 5.40. The summed E-state index contributed by atoms with van der Waals surface area (Å²) in [4.78, 5) is 17.3. The molecule has 1 fully saturated rings. The van der Waals surface area contributed by atoms with Crippen LogP contribution in [0.3, 0.4) is 0 Å². The molecule has 2 heterocycles. The maximum absolute atomic E-state index is 13.2. The van der Waals surface area contributed by atoms with Crippen molar-refractivity contribution in [1.29, 1.82) is 0 Å². The maximum atomic E-state index is 13.2. The summed E-state index contributed by atoms with van der Waals surface area (Å²) in [6, 6.07) is 7.85. The Balaban J connectivity index is 2.13. The normalized spacial score (nSPS) is 22.6. The molecular weight excluding hydrogens is 248 g/mol. The smallest absolute Gasteiger partial charge is 0.171 e. The Labute approximate surface area is 119 Å². The lowest BCUT2D eigenvalue weighted by atomic mass is 9.70. The lowest BCUT2D eigenvalue weighted by Crippen LogP contribution is -2.38. The second kappa shape index (κ2) is 4.98. The fourth-order valence-electron chi connectivity index (χ4n) is 3.25. The summed E-state index contributed by atoms with van der Waals surface area (Å²) in [6.07, 6.45) is 4.50. The van der Waals surface area contributed by atoms with Crippen molar-refractivity contribution in [2.24, 2.45) is 11.3 Å². The van der Waals surface area contributed by atoms with E-state index in [1.54, 1.807) is 6.20 Å². The van der Waals surface area contributed by atoms with E-state index in [-0.39, 0.29) is 11.2 Å². The van der Waals surface area contributed by atoms with Gasteiger partial charge >= 0.3 is 0 Å². The molecule has 1 aromatic heterocycles. The average molecular weight is 268 g/mol. The van der Waals surface area contributed by atoms with E-state index >= 15 is 0 Å². The number of hydrogen-bond donors (Lipinski definition) is 1. The van der Waals surface area contributed by atoms with Crippen molar-refractivity contribution in [3.8, 4) is 0 Å². The van der Waals surface area contributed by atoms with Gasteiger partial charge < -0.3 is 5.32 Å². The molecule has 0 bridgehead atoms. The van der Waals surface area contributed by atoms with Gasteiger partial charge in [-0.05, 0) is 30.3 Å². The third-order valence-corrected chi connectivity index (χ3v) is 4.67. The molecule has 1 N–H and O–H groups in total. The number of ketones is 1. The topological polar surface area (TPSA) is 42.0 Å². The molecule has 2 aromatic rings. The summed E-state index contributed by atoms with van der Waals surface area (Å²) >= 11 is 0. The van der Waals surface area contributed by atoms with Crippen LogP contribution in [0.2, 0.25) is 0 Å². The van der Waals surface area contributed by atoms with Crippen LogP contribution >= 0.6 is 0 Å². The van der Waals surface area contributed by atoms with Crippen LogP contribution in [-0.4, -0.2) is 23.9 Å². The molecule has 1 aliphatic heterocycles. The number of nitrogens with zero attached hydrogens (tertiary/aromatic N) is 1. The fourth-order valence-corrected chi connectivity index (χ4v) is 3.25. The van der Waals surface area contributed by atoms with Crippen LogP contribution in [0.15, 0.2) is 36.7 Å². The monoisotopic (exact) mass is 268 g/mol. The molecule has 1 atom stereocenters. The van der Waals surface area contributed by atoms with Gasteiger partial charge in [0.25, 0.3) is 0 Å². The summed E-state index contributed by atoms with van der Waals surface area (Å²) in [5.41, 5.74) is 0.569. The van der Waals surface area contributed by atoms with Gasteiger partial charge in [-0.25, -0.2) is 0 Å². The van der Waals surface area contributed by atoms with E-state index in [0.717, 1.165) is 35.8 Å². The quantitative estimate of drug-likeness (QED) is 0.870. The number of fused-ring (bicyclic) bond motifs is 1. The molecule has 1 aromatic carbocycles. The van der Waals surface area contributed by atoms with Gasteiger partial charge in [0, 0.05) is 35.3 Å². The molecular formula is C17H20N2O. The molecule has 1 saturated heterocycles. The Kier molecular flexibility index (Phi) is 3.30. The predicted molar refractivity (Wildman–Crippen MR) is 80.8 cm³/mol. The number of hydrogen-bond acceptors (Lipinski definition) is 3. The molecule has 0 aliphatic carbocycles. The van der Waals surface area contributed by atoms with E-state index < -0.39 is 0 Å². The van der Waals surface area contributed by atoms with Crippen molar-refractivity contribution in [1.82, 2.24) is 10.3 Å². The Morgan fingerprint density at radius 3 is 2.90 bits per heavy atom. The molecule has 3 heteroatoms. The largest absolute Gasteiger partial charge is 0.316 e. The van der Waals surface area contributed by atoms with Crippen molar-refractivity contribution in [2.75, 3.05) is 13.1 Å². The van der Waals surface area contributed by atoms with Crippen molar-refractivity contribution in [3.63, 3.8) is 0 Å². The van der Waals surface area contributed by atoms with Crippen molar-refractivity contribution < 1.29 is 4.79 Å². The third-order valence-electron chi connectivity index (χ3n) is 4.67. The number of carbonyl (C=O) groups excluding carboxylic acids is 1. The van der Waals surface area contributed by atoms with Crippen LogP contribution in [0.5, 0.6) is 0 Å². The first-order chi connectivity index (χ1) is 9.65. The van der Waals surface area contributed by atoms with Crippen molar-refractivity contribution >= 4 is 16.6 Å². The first-order valence-electron chi connectivity index (χ1n) is 7.23. The number of Topliss-reactive ketones (excluding diaryl/α,β-unsaturated/α-hetero) is 1. The minimum Gasteiger partial charge on any atom is -0.316 e. The first-order valence-corrected chi connectivity index (χ1v) is 7.23. The number of nitrogens with one attached hydrogen (secondary N) is 1. The van der Waals surface area contributed by atoms with Crippen LogP contribution in [0.4, 0.5) is 0 Å². The van der Waals surface area contributed by atoms with Gasteiger partial charge in [0.15, 0.2) is 5.78 Å². The van der Waals surface area contributed by atoms with E-state index in [9.17, 15) is 4.79 Å². The Morgan fingerprint density at radius 1 is 1.35 bits per heavy atom. The zero-order chi connectivity index (χ0) is 14.2. The highest BCUT2D eigenvalue weighted by Gasteiger charge is 2.44. The molecule has 104 valence electrons. The molecule has 1 aliphatic rings. The number of rotatable bonds is 3. The van der Waals surface area contributed by atoms with Gasteiger partial charge in [0.05, 0.1) is 0 Å². The third kappa shape index (κ3) is 1.93. The molecule has 20 heavy (non-hydrogen) atoms. The highest BCUT2D eigenvalue weighted by atomic mass is 16.1. The van der Waals surface area contributed by atoms with Gasteiger partial charge in [-0.1, -0.05) is 32.0 Å². The molecule has 0 radical (unpaired) electrons. The van der Waals surface area contributed by atoms with Gasteiger partial charge in [-0.15, -0.1) is 0 Å². The summed E-state index contributed by atoms with van der Waals surface area (Å²) in [7, 11) is 0. The van der Waals surface area contributed by atoms with E-state index in [1.165, 1.54) is 0 Å². The van der Waals surface area contributed by atoms with Crippen molar-refractivity contribution in [2.45, 2.75) is 20.3 Å². The highest BCUT2D eigenvalue weighted by molar-refractivity contribution is 6.10. The second-order valence-corrected chi connectivity index (χ2v) is 5.97. The van der Waals surface area contributed by atoms with E-state index in [2.05, 4.69) is 24.1 Å². The molecule has 0 spiro atoms. The summed E-state index contributed by atoms with van der Waals surface area (Å²) < 4.78 is 0. The Morgan fingerprint density at radius 2 is 2.20 bits per heavy atom. The first kappa shape index (κ1) is 13.3. The summed E-state index contributed by atoms with van der Waals surface area (Å²) in [5.74, 6) is 0.608. The molecule has 1 unspecified atom stereocenters. The van der Waals surface area contributed by atoms with Crippen LogP contribution < -0.4 is 5.32 Å². The van der Waals surface area contributed by atoms with Gasteiger partial charge in [0.1, 0.15) is 0 Å². The van der Waals surface area contributed by atoms with Gasteiger partial charge in [-0.2, -0.15) is 0 Å². The maximum Gasteiger partial charge on any atom is 0.171 e. The molecule has 3 nitrogen and oxygen atoms in total. The van der Waals surface area contributed by atoms with Crippen LogP contribution in [0.25, 0.3) is 10.8 Å². The number of aromatic nitrogens is 1. The fraction of sp³-hybridized carbons (Fsp3) is 0.412. The van der Waals surface area contributed by atoms with E-state index in [1.807, 2.05) is 30.5 Å². The Hall–Kier alpha value is -1.74. The number of pyridine rings is 1. The number of benzene rings is 1. The Bertz CT molecular complexity index is 637. The number of carbonyl (C=O) groups is 1. The van der Waals surface area contributed by atoms with E-state index in [4.69, 9.17) is 0 Å². The van der Waals surface area contributed by atoms with Crippen LogP contribution in [0, 0.1) is 11.3 Å². The zero-order valence-corrected chi connectivity index (χ0v) is 12.0. The van der Waals surface area contributed by atoms with Gasteiger partial charge in [-0.3, -0.25) is 9.78 Å². The minimum atomic E-state index is -0.266. The standard InChI is InChI=1S/C17H20N2O/c1-12(2)17(7-9-19-11-17)16(20)15-5-3-4-13-10-18-8-6-14(13)15/h3-6,8,10,12,19H,7,9,11H2,1-2H3. The molecule has 0 saturated carbocycles. The van der Waals surface area contributed by atoms with Crippen LogP contribution in [0.1, 0.15) is 30.6 Å². The SMILES string of the molecule is CC(C)C1(C(=O)c2cccc3cnccc23)CCNC1. The molecule has 0 amide bonds. The zero-order valence-electron chi connectivity index (χ0n) is 12.0. The lowest BCUT2D eigenvalue weighted by molar-refractivity contribution is 0.0742. The summed E-state index contributed by atoms with van der Waals surface area (Å²) in [6.45, 7) is 6.01. The van der Waals surface area contributed by atoms with Gasteiger partial charge in [0.2, 0.25) is 0 Å². The highest BCUT2D eigenvalue weighted by Crippen LogP contribution is 2.38. The average Bonchev–Trinajstić information content (AvgIpc) is 2.97. The predicted octanol–water partition coefficient (Wildman–Crippen LogP) is 3.05. The second-order valence-electron chi connectivity index (χ2n) is 5.97. The lowest BCUT2D eigenvalue weighted by Gasteiger charge is -2.31. The van der Waals surface area contributed by atoms with Crippen molar-refractivity contribution in [3.05, 3.63) is 42.2 Å². The minimum absolute atomic E-state index is 0.266.